The molecule has 4 aromatic rings. The number of nitrogens with one attached hydrogen (secondary N) is 2. The fourth-order valence-corrected chi connectivity index (χ4v) is 4.62. The molecule has 1 aliphatic rings. The monoisotopic (exact) mass is 510 g/mol. The summed E-state index contributed by atoms with van der Waals surface area (Å²) < 4.78 is 25.9. The molecule has 0 aliphatic carbocycles. The number of halogens is 1. The summed E-state index contributed by atoms with van der Waals surface area (Å²) in [7, 11) is 1.82. The molecule has 0 spiro atoms. The van der Waals surface area contributed by atoms with Crippen molar-refractivity contribution in [2.45, 2.75) is 32.9 Å². The molecule has 1 amide bonds. The van der Waals surface area contributed by atoms with Crippen molar-refractivity contribution in [2.75, 3.05) is 30.6 Å². The minimum atomic E-state index is -0.302. The first-order chi connectivity index (χ1) is 17.2. The quantitative estimate of drug-likeness (QED) is 0.383. The van der Waals surface area contributed by atoms with Gasteiger partial charge in [-0.25, -0.2) is 9.37 Å². The van der Waals surface area contributed by atoms with E-state index < -0.39 is 0 Å². The molecule has 1 aliphatic heterocycles. The van der Waals surface area contributed by atoms with Crippen LogP contribution in [0, 0.1) is 5.82 Å². The maximum Gasteiger partial charge on any atom is 0.239 e. The van der Waals surface area contributed by atoms with Gasteiger partial charge in [0, 0.05) is 24.7 Å². The highest BCUT2D eigenvalue weighted by Crippen LogP contribution is 2.35. The molecule has 2 aromatic carbocycles. The van der Waals surface area contributed by atoms with Crippen molar-refractivity contribution >= 4 is 33.2 Å². The van der Waals surface area contributed by atoms with Crippen LogP contribution in [0.15, 0.2) is 42.5 Å². The van der Waals surface area contributed by atoms with Gasteiger partial charge in [0.1, 0.15) is 11.5 Å². The Kier molecular flexibility index (Phi) is 6.17. The van der Waals surface area contributed by atoms with Crippen LogP contribution in [0.3, 0.4) is 0 Å². The van der Waals surface area contributed by atoms with E-state index in [9.17, 15) is 9.18 Å². The average Bonchev–Trinajstić information content (AvgIpc) is 3.53. The lowest BCUT2D eigenvalue weighted by molar-refractivity contribution is -0.119. The number of nitrogens with zero attached hydrogens (tertiary/aromatic N) is 4. The second-order valence-corrected chi connectivity index (χ2v) is 10.5. The standard InChI is InChI=1S/C25H27FN6O3S/c1-25(2,3)29-22-21(16-6-8-17(26)9-7-16)28-23-32(22)30-24(36-23)31(4)13-20(33)27-12-15-5-10-18-19(11-15)35-14-34-18/h5-11,29H,12-14H2,1-4H3,(H,27,33). The van der Waals surface area contributed by atoms with E-state index in [1.807, 2.05) is 46.0 Å². The zero-order chi connectivity index (χ0) is 25.4. The lowest BCUT2D eigenvalue weighted by Crippen LogP contribution is -2.34. The van der Waals surface area contributed by atoms with Gasteiger partial charge in [0.05, 0.1) is 6.54 Å². The first kappa shape index (κ1) is 23.9. The summed E-state index contributed by atoms with van der Waals surface area (Å²) in [5.41, 5.74) is 2.15. The molecule has 5 rings (SSSR count). The third kappa shape index (κ3) is 5.06. The summed E-state index contributed by atoms with van der Waals surface area (Å²) in [4.78, 5) is 19.8. The Bertz CT molecular complexity index is 1410. The fraction of sp³-hybridized carbons (Fsp3) is 0.320. The highest BCUT2D eigenvalue weighted by atomic mass is 32.1. The number of imidazole rings is 1. The molecule has 2 aromatic heterocycles. The van der Waals surface area contributed by atoms with Crippen LogP contribution in [0.2, 0.25) is 0 Å². The minimum Gasteiger partial charge on any atom is -0.454 e. The number of rotatable bonds is 7. The number of carbonyl (C=O) groups excluding carboxylic acids is 1. The van der Waals surface area contributed by atoms with Crippen LogP contribution in [0.4, 0.5) is 15.3 Å². The van der Waals surface area contributed by atoms with Crippen LogP contribution in [-0.4, -0.2) is 46.4 Å². The normalized spacial score (nSPS) is 12.7. The highest BCUT2D eigenvalue weighted by Gasteiger charge is 2.23. The summed E-state index contributed by atoms with van der Waals surface area (Å²) in [6.45, 7) is 6.87. The Hall–Kier alpha value is -3.86. The third-order valence-electron chi connectivity index (χ3n) is 5.44. The number of likely N-dealkylation sites (N-methyl/N-ethyl adjacent to an activating group) is 1. The number of benzene rings is 2. The van der Waals surface area contributed by atoms with Gasteiger partial charge in [-0.05, 0) is 62.7 Å². The highest BCUT2D eigenvalue weighted by molar-refractivity contribution is 7.20. The number of fused-ring (bicyclic) bond motifs is 2. The van der Waals surface area contributed by atoms with Gasteiger partial charge in [-0.2, -0.15) is 4.52 Å². The van der Waals surface area contributed by atoms with Crippen molar-refractivity contribution in [3.05, 3.63) is 53.8 Å². The van der Waals surface area contributed by atoms with Gasteiger partial charge in [-0.1, -0.05) is 17.4 Å². The van der Waals surface area contributed by atoms with Crippen LogP contribution in [0.1, 0.15) is 26.3 Å². The summed E-state index contributed by atoms with van der Waals surface area (Å²) >= 11 is 1.38. The molecule has 9 nitrogen and oxygen atoms in total. The topological polar surface area (TPSA) is 93.0 Å². The zero-order valence-electron chi connectivity index (χ0n) is 20.5. The van der Waals surface area contributed by atoms with E-state index in [4.69, 9.17) is 19.6 Å². The van der Waals surface area contributed by atoms with E-state index >= 15 is 0 Å². The van der Waals surface area contributed by atoms with E-state index in [-0.39, 0.29) is 30.6 Å². The Balaban J connectivity index is 1.31. The molecule has 2 N–H and O–H groups in total. The molecule has 36 heavy (non-hydrogen) atoms. The van der Waals surface area contributed by atoms with Gasteiger partial charge in [0.15, 0.2) is 17.3 Å². The van der Waals surface area contributed by atoms with Gasteiger partial charge < -0.3 is 25.0 Å². The summed E-state index contributed by atoms with van der Waals surface area (Å²) in [6, 6.07) is 11.8. The van der Waals surface area contributed by atoms with Crippen molar-refractivity contribution < 1.29 is 18.7 Å². The molecular formula is C25H27FN6O3S. The van der Waals surface area contributed by atoms with Crippen LogP contribution < -0.4 is 25.0 Å². The molecule has 3 heterocycles. The second kappa shape index (κ2) is 9.30. The van der Waals surface area contributed by atoms with Crippen LogP contribution >= 0.6 is 11.3 Å². The summed E-state index contributed by atoms with van der Waals surface area (Å²) in [6.07, 6.45) is 0. The SMILES string of the molecule is CN(CC(=O)NCc1ccc2c(c1)OCO2)c1nn2c(NC(C)(C)C)c(-c3ccc(F)cc3)nc2s1. The smallest absolute Gasteiger partial charge is 0.239 e. The molecule has 11 heteroatoms. The minimum absolute atomic E-state index is 0.133. The van der Waals surface area contributed by atoms with Crippen molar-refractivity contribution in [3.63, 3.8) is 0 Å². The number of aromatic nitrogens is 3. The fourth-order valence-electron chi connectivity index (χ4n) is 3.76. The van der Waals surface area contributed by atoms with E-state index in [0.717, 1.165) is 11.1 Å². The Morgan fingerprint density at radius 3 is 2.67 bits per heavy atom. The summed E-state index contributed by atoms with van der Waals surface area (Å²) in [5.74, 6) is 1.67. The molecule has 0 fully saturated rings. The number of carbonyl (C=O) groups is 1. The lowest BCUT2D eigenvalue weighted by atomic mass is 10.1. The number of ether oxygens (including phenoxy) is 2. The van der Waals surface area contributed by atoms with Crippen molar-refractivity contribution in [1.82, 2.24) is 19.9 Å². The second-order valence-electron chi connectivity index (χ2n) is 9.59. The van der Waals surface area contributed by atoms with Gasteiger partial charge in [-0.3, -0.25) is 4.79 Å². The van der Waals surface area contributed by atoms with E-state index in [1.165, 1.54) is 23.5 Å². The largest absolute Gasteiger partial charge is 0.454 e. The average molecular weight is 511 g/mol. The third-order valence-corrected chi connectivity index (χ3v) is 6.46. The molecule has 0 saturated heterocycles. The van der Waals surface area contributed by atoms with Crippen molar-refractivity contribution in [2.24, 2.45) is 0 Å². The van der Waals surface area contributed by atoms with Gasteiger partial charge >= 0.3 is 0 Å². The van der Waals surface area contributed by atoms with Gasteiger partial charge in [0.2, 0.25) is 22.8 Å². The van der Waals surface area contributed by atoms with Gasteiger partial charge in [0.25, 0.3) is 0 Å². The molecule has 0 radical (unpaired) electrons. The van der Waals surface area contributed by atoms with E-state index in [2.05, 4.69) is 10.6 Å². The predicted octanol–water partition coefficient (Wildman–Crippen LogP) is 4.29. The van der Waals surface area contributed by atoms with E-state index in [0.29, 0.717) is 39.6 Å². The molecule has 0 bridgehead atoms. The Morgan fingerprint density at radius 2 is 1.92 bits per heavy atom. The number of amides is 1. The maximum atomic E-state index is 13.5. The zero-order valence-corrected chi connectivity index (χ0v) is 21.3. The molecule has 0 saturated carbocycles. The first-order valence-electron chi connectivity index (χ1n) is 11.5. The number of anilines is 2. The van der Waals surface area contributed by atoms with Crippen LogP contribution in [0.5, 0.6) is 11.5 Å². The molecule has 0 atom stereocenters. The molecular weight excluding hydrogens is 483 g/mol. The van der Waals surface area contributed by atoms with Crippen LogP contribution in [-0.2, 0) is 11.3 Å². The van der Waals surface area contributed by atoms with Crippen molar-refractivity contribution in [3.8, 4) is 22.8 Å². The molecule has 188 valence electrons. The molecule has 0 unspecified atom stereocenters. The Labute approximate surface area is 211 Å². The Morgan fingerprint density at radius 1 is 1.17 bits per heavy atom. The summed E-state index contributed by atoms with van der Waals surface area (Å²) in [5, 5.41) is 11.8. The predicted molar refractivity (Wildman–Crippen MR) is 137 cm³/mol. The lowest BCUT2D eigenvalue weighted by Gasteiger charge is -2.22. The maximum absolute atomic E-state index is 13.5. The van der Waals surface area contributed by atoms with Crippen LogP contribution in [0.25, 0.3) is 16.2 Å². The number of hydrogen-bond acceptors (Lipinski definition) is 8. The van der Waals surface area contributed by atoms with Gasteiger partial charge in [-0.15, -0.1) is 5.10 Å². The number of hydrogen-bond donors (Lipinski definition) is 2. The van der Waals surface area contributed by atoms with E-state index in [1.54, 1.807) is 21.5 Å². The first-order valence-corrected chi connectivity index (χ1v) is 12.3. The van der Waals surface area contributed by atoms with Crippen molar-refractivity contribution in [1.29, 1.82) is 0 Å².